The first-order valence-corrected chi connectivity index (χ1v) is 7.10. The largest absolute Gasteiger partial charge is 0.497 e. The molecule has 0 bridgehead atoms. The predicted octanol–water partition coefficient (Wildman–Crippen LogP) is 0.434. The van der Waals surface area contributed by atoms with Crippen molar-refractivity contribution in [2.24, 2.45) is 5.73 Å². The Morgan fingerprint density at radius 1 is 1.38 bits per heavy atom. The molecule has 1 saturated heterocycles. The van der Waals surface area contributed by atoms with Crippen molar-refractivity contribution in [1.82, 2.24) is 4.90 Å². The van der Waals surface area contributed by atoms with Crippen molar-refractivity contribution in [1.29, 1.82) is 0 Å². The maximum Gasteiger partial charge on any atom is 0.260 e. The number of benzene rings is 1. The highest BCUT2D eigenvalue weighted by molar-refractivity contribution is 5.77. The molecule has 1 amide bonds. The number of rotatable bonds is 6. The van der Waals surface area contributed by atoms with Crippen LogP contribution in [0.25, 0.3) is 0 Å². The van der Waals surface area contributed by atoms with Crippen LogP contribution in [0.2, 0.25) is 0 Å². The van der Waals surface area contributed by atoms with Crippen LogP contribution in [0.1, 0.15) is 5.56 Å². The number of nitrogens with two attached hydrogens (primary N) is 1. The highest BCUT2D eigenvalue weighted by atomic mass is 16.5. The summed E-state index contributed by atoms with van der Waals surface area (Å²) in [6.07, 6.45) is 0.679. The Morgan fingerprint density at radius 2 is 2.14 bits per heavy atom. The Hall–Kier alpha value is -1.79. The third-order valence-electron chi connectivity index (χ3n) is 3.40. The van der Waals surface area contributed by atoms with Gasteiger partial charge in [-0.2, -0.15) is 0 Å². The van der Waals surface area contributed by atoms with Gasteiger partial charge in [0.25, 0.3) is 5.91 Å². The van der Waals surface area contributed by atoms with Gasteiger partial charge in [-0.15, -0.1) is 0 Å². The van der Waals surface area contributed by atoms with Crippen LogP contribution in [0.3, 0.4) is 0 Å². The summed E-state index contributed by atoms with van der Waals surface area (Å²) < 4.78 is 16.1. The Labute approximate surface area is 124 Å². The third kappa shape index (κ3) is 4.34. The van der Waals surface area contributed by atoms with Gasteiger partial charge in [0.15, 0.2) is 6.61 Å². The molecule has 1 aliphatic rings. The van der Waals surface area contributed by atoms with Crippen LogP contribution in [0.5, 0.6) is 11.5 Å². The molecule has 116 valence electrons. The molecule has 0 aromatic heterocycles. The van der Waals surface area contributed by atoms with Gasteiger partial charge in [0, 0.05) is 13.1 Å². The summed E-state index contributed by atoms with van der Waals surface area (Å²) in [5.41, 5.74) is 6.56. The summed E-state index contributed by atoms with van der Waals surface area (Å²) in [4.78, 5) is 13.8. The fourth-order valence-corrected chi connectivity index (χ4v) is 2.22. The molecule has 6 nitrogen and oxygen atoms in total. The lowest BCUT2D eigenvalue weighted by molar-refractivity contribution is -0.137. The van der Waals surface area contributed by atoms with Crippen LogP contribution in [-0.4, -0.2) is 57.4 Å². The molecule has 0 spiro atoms. The summed E-state index contributed by atoms with van der Waals surface area (Å²) in [5.74, 6) is 1.42. The van der Waals surface area contributed by atoms with E-state index in [1.807, 2.05) is 18.2 Å². The van der Waals surface area contributed by atoms with Gasteiger partial charge in [0.05, 0.1) is 20.3 Å². The first-order chi connectivity index (χ1) is 10.2. The molecule has 2 rings (SSSR count). The van der Waals surface area contributed by atoms with Crippen LogP contribution in [-0.2, 0) is 16.0 Å². The number of ether oxygens (including phenoxy) is 3. The number of amides is 1. The van der Waals surface area contributed by atoms with Gasteiger partial charge in [-0.1, -0.05) is 0 Å². The number of hydrogen-bond acceptors (Lipinski definition) is 5. The first-order valence-electron chi connectivity index (χ1n) is 7.10. The van der Waals surface area contributed by atoms with Gasteiger partial charge in [0.2, 0.25) is 0 Å². The Kier molecular flexibility index (Phi) is 5.83. The van der Waals surface area contributed by atoms with Gasteiger partial charge < -0.3 is 24.8 Å². The smallest absolute Gasteiger partial charge is 0.260 e. The third-order valence-corrected chi connectivity index (χ3v) is 3.40. The quantitative estimate of drug-likeness (QED) is 0.824. The minimum atomic E-state index is -0.0205. The fraction of sp³-hybridized carbons (Fsp3) is 0.533. The number of carbonyl (C=O) groups is 1. The number of nitrogens with zero attached hydrogens (tertiary/aromatic N) is 1. The molecule has 1 heterocycles. The van der Waals surface area contributed by atoms with E-state index in [0.717, 1.165) is 11.3 Å². The molecular formula is C15H22N2O4. The zero-order valence-corrected chi connectivity index (χ0v) is 12.3. The second-order valence-corrected chi connectivity index (χ2v) is 4.79. The fourth-order valence-electron chi connectivity index (χ4n) is 2.22. The van der Waals surface area contributed by atoms with Crippen molar-refractivity contribution in [3.63, 3.8) is 0 Å². The topological polar surface area (TPSA) is 74.0 Å². The Balaban J connectivity index is 1.96. The highest BCUT2D eigenvalue weighted by Gasteiger charge is 2.17. The summed E-state index contributed by atoms with van der Waals surface area (Å²) >= 11 is 0. The van der Waals surface area contributed by atoms with E-state index in [9.17, 15) is 4.79 Å². The number of hydrogen-bond donors (Lipinski definition) is 1. The molecule has 0 atom stereocenters. The lowest BCUT2D eigenvalue weighted by atomic mass is 10.1. The van der Waals surface area contributed by atoms with E-state index in [0.29, 0.717) is 45.0 Å². The van der Waals surface area contributed by atoms with Crippen LogP contribution in [0, 0.1) is 0 Å². The predicted molar refractivity (Wildman–Crippen MR) is 78.6 cm³/mol. The van der Waals surface area contributed by atoms with E-state index in [2.05, 4.69) is 0 Å². The second kappa shape index (κ2) is 7.85. The molecule has 6 heteroatoms. The van der Waals surface area contributed by atoms with Crippen molar-refractivity contribution in [2.45, 2.75) is 6.42 Å². The van der Waals surface area contributed by atoms with E-state index in [4.69, 9.17) is 19.9 Å². The van der Waals surface area contributed by atoms with Gasteiger partial charge in [-0.25, -0.2) is 0 Å². The molecule has 1 fully saturated rings. The van der Waals surface area contributed by atoms with Crippen LogP contribution < -0.4 is 15.2 Å². The molecule has 0 unspecified atom stereocenters. The lowest BCUT2D eigenvalue weighted by Crippen LogP contribution is -2.43. The van der Waals surface area contributed by atoms with E-state index >= 15 is 0 Å². The minimum absolute atomic E-state index is 0.0205. The number of methoxy groups -OCH3 is 1. The molecule has 21 heavy (non-hydrogen) atoms. The van der Waals surface area contributed by atoms with Crippen LogP contribution >= 0.6 is 0 Å². The lowest BCUT2D eigenvalue weighted by Gasteiger charge is -2.26. The SMILES string of the molecule is COc1ccc(OCC(=O)N2CCOCC2)c(CCN)c1. The number of morpholine rings is 1. The van der Waals surface area contributed by atoms with Gasteiger partial charge >= 0.3 is 0 Å². The van der Waals surface area contributed by atoms with Crippen molar-refractivity contribution in [2.75, 3.05) is 46.6 Å². The zero-order valence-electron chi connectivity index (χ0n) is 12.3. The average Bonchev–Trinajstić information content (AvgIpc) is 2.54. The standard InChI is InChI=1S/C15H22N2O4/c1-19-13-2-3-14(12(10-13)4-5-16)21-11-15(18)17-6-8-20-9-7-17/h2-3,10H,4-9,11,16H2,1H3. The molecule has 0 radical (unpaired) electrons. The van der Waals surface area contributed by atoms with Crippen molar-refractivity contribution in [3.8, 4) is 11.5 Å². The first kappa shape index (κ1) is 15.6. The summed E-state index contributed by atoms with van der Waals surface area (Å²) in [5, 5.41) is 0. The monoisotopic (exact) mass is 294 g/mol. The maximum atomic E-state index is 12.1. The van der Waals surface area contributed by atoms with Crippen molar-refractivity contribution in [3.05, 3.63) is 23.8 Å². The molecule has 0 aliphatic carbocycles. The maximum absolute atomic E-state index is 12.1. The van der Waals surface area contributed by atoms with Crippen LogP contribution in [0.15, 0.2) is 18.2 Å². The van der Waals surface area contributed by atoms with E-state index in [1.54, 1.807) is 12.0 Å². The van der Waals surface area contributed by atoms with E-state index in [1.165, 1.54) is 0 Å². The zero-order chi connectivity index (χ0) is 15.1. The molecular weight excluding hydrogens is 272 g/mol. The summed E-state index contributed by atoms with van der Waals surface area (Å²) in [6, 6.07) is 5.52. The molecule has 2 N–H and O–H groups in total. The summed E-state index contributed by atoms with van der Waals surface area (Å²) in [6.45, 7) is 2.98. The summed E-state index contributed by atoms with van der Waals surface area (Å²) in [7, 11) is 1.62. The van der Waals surface area contributed by atoms with Gasteiger partial charge in [-0.3, -0.25) is 4.79 Å². The second-order valence-electron chi connectivity index (χ2n) is 4.79. The Morgan fingerprint density at radius 3 is 2.81 bits per heavy atom. The van der Waals surface area contributed by atoms with Gasteiger partial charge in [-0.05, 0) is 36.7 Å². The molecule has 1 aromatic rings. The normalized spacial score (nSPS) is 14.9. The van der Waals surface area contributed by atoms with Gasteiger partial charge in [0.1, 0.15) is 11.5 Å². The van der Waals surface area contributed by atoms with E-state index < -0.39 is 0 Å². The van der Waals surface area contributed by atoms with Crippen LogP contribution in [0.4, 0.5) is 0 Å². The van der Waals surface area contributed by atoms with E-state index in [-0.39, 0.29) is 12.5 Å². The number of carbonyl (C=O) groups excluding carboxylic acids is 1. The molecule has 1 aliphatic heterocycles. The van der Waals surface area contributed by atoms with Crippen molar-refractivity contribution < 1.29 is 19.0 Å². The Bertz CT molecular complexity index is 473. The molecule has 1 aromatic carbocycles. The molecule has 0 saturated carbocycles. The van der Waals surface area contributed by atoms with Crippen molar-refractivity contribution >= 4 is 5.91 Å². The average molecular weight is 294 g/mol. The highest BCUT2D eigenvalue weighted by Crippen LogP contribution is 2.24. The minimum Gasteiger partial charge on any atom is -0.497 e.